The lowest BCUT2D eigenvalue weighted by Gasteiger charge is -2.40. The molecule has 3 rings (SSSR count). The maximum absolute atomic E-state index is 10.7. The molecule has 0 amide bonds. The molecule has 2 nitrogen and oxygen atoms in total. The third-order valence-corrected chi connectivity index (χ3v) is 4.76. The normalized spacial score (nSPS) is 25.7. The third-order valence-electron chi connectivity index (χ3n) is 4.76. The van der Waals surface area contributed by atoms with Gasteiger partial charge in [-0.1, -0.05) is 45.1 Å². The van der Waals surface area contributed by atoms with Gasteiger partial charge in [0.15, 0.2) is 0 Å². The van der Waals surface area contributed by atoms with Crippen LogP contribution in [-0.4, -0.2) is 6.47 Å². The van der Waals surface area contributed by atoms with Gasteiger partial charge in [-0.15, -0.1) is 0 Å². The van der Waals surface area contributed by atoms with Crippen LogP contribution in [-0.2, 0) is 15.6 Å². The van der Waals surface area contributed by atoms with Crippen LogP contribution in [0.25, 0.3) is 0 Å². The summed E-state index contributed by atoms with van der Waals surface area (Å²) in [5.41, 5.74) is 5.02. The Morgan fingerprint density at radius 2 is 1.95 bits per heavy atom. The summed E-state index contributed by atoms with van der Waals surface area (Å²) in [5.74, 6) is 0.670. The summed E-state index contributed by atoms with van der Waals surface area (Å²) in [6.45, 7) is 9.25. The number of benzene rings is 1. The Morgan fingerprint density at radius 3 is 2.65 bits per heavy atom. The van der Waals surface area contributed by atoms with Crippen molar-refractivity contribution in [2.75, 3.05) is 0 Å². The van der Waals surface area contributed by atoms with Crippen molar-refractivity contribution in [1.29, 1.82) is 0 Å². The fourth-order valence-corrected chi connectivity index (χ4v) is 3.52. The fraction of sp³-hybridized carbons (Fsp3) is 0.389. The second-order valence-electron chi connectivity index (χ2n) is 6.64. The fourth-order valence-electron chi connectivity index (χ4n) is 3.52. The Labute approximate surface area is 120 Å². The summed E-state index contributed by atoms with van der Waals surface area (Å²) in [6, 6.07) is 4.23. The average molecular weight is 268 g/mol. The minimum Gasteiger partial charge on any atom is -0.428 e. The molecule has 2 heteroatoms. The van der Waals surface area contributed by atoms with E-state index in [9.17, 15) is 4.79 Å². The van der Waals surface area contributed by atoms with Crippen molar-refractivity contribution in [3.05, 3.63) is 52.6 Å². The van der Waals surface area contributed by atoms with E-state index in [0.717, 1.165) is 12.0 Å². The molecule has 0 N–H and O–H groups in total. The van der Waals surface area contributed by atoms with Gasteiger partial charge >= 0.3 is 0 Å². The molecular formula is C18H20O2. The number of fused-ring (bicyclic) bond motifs is 3. The van der Waals surface area contributed by atoms with E-state index >= 15 is 0 Å². The van der Waals surface area contributed by atoms with Crippen molar-refractivity contribution < 1.29 is 9.53 Å². The Kier molecular flexibility index (Phi) is 2.69. The highest BCUT2D eigenvalue weighted by Gasteiger charge is 2.42. The van der Waals surface area contributed by atoms with Gasteiger partial charge in [0.1, 0.15) is 5.75 Å². The number of rotatable bonds is 2. The molecule has 1 aromatic rings. The van der Waals surface area contributed by atoms with Gasteiger partial charge in [0, 0.05) is 10.8 Å². The molecule has 0 spiro atoms. The largest absolute Gasteiger partial charge is 0.428 e. The summed E-state index contributed by atoms with van der Waals surface area (Å²) in [4.78, 5) is 10.7. The zero-order chi connectivity index (χ0) is 14.5. The Morgan fingerprint density at radius 1 is 1.20 bits per heavy atom. The summed E-state index contributed by atoms with van der Waals surface area (Å²) in [6.07, 6.45) is 7.84. The molecular weight excluding hydrogens is 248 g/mol. The van der Waals surface area contributed by atoms with Crippen LogP contribution in [0, 0.1) is 6.92 Å². The van der Waals surface area contributed by atoms with E-state index < -0.39 is 0 Å². The summed E-state index contributed by atoms with van der Waals surface area (Å²) >= 11 is 0. The van der Waals surface area contributed by atoms with Gasteiger partial charge < -0.3 is 4.74 Å². The molecule has 20 heavy (non-hydrogen) atoms. The van der Waals surface area contributed by atoms with E-state index in [2.05, 4.69) is 51.1 Å². The van der Waals surface area contributed by atoms with E-state index in [1.54, 1.807) is 0 Å². The van der Waals surface area contributed by atoms with Crippen molar-refractivity contribution in [2.45, 2.75) is 44.9 Å². The molecule has 0 bridgehead atoms. The predicted octanol–water partition coefficient (Wildman–Crippen LogP) is 3.97. The minimum absolute atomic E-state index is 0.00330. The SMILES string of the molecule is Cc1cc2c(cc1OC=O)C1(C)CC=CC1=CC2(C)C. The Hall–Kier alpha value is -1.83. The molecule has 0 aliphatic heterocycles. The Balaban J connectivity index is 2.27. The maximum atomic E-state index is 10.7. The van der Waals surface area contributed by atoms with Crippen molar-refractivity contribution in [3.63, 3.8) is 0 Å². The van der Waals surface area contributed by atoms with Crippen LogP contribution in [0.5, 0.6) is 5.75 Å². The minimum atomic E-state index is 0.00330. The van der Waals surface area contributed by atoms with E-state index in [-0.39, 0.29) is 10.8 Å². The molecule has 0 saturated carbocycles. The molecule has 0 fully saturated rings. The molecule has 104 valence electrons. The first-order valence-corrected chi connectivity index (χ1v) is 7.04. The summed E-state index contributed by atoms with van der Waals surface area (Å²) in [5, 5.41) is 0. The molecule has 0 radical (unpaired) electrons. The number of carbonyl (C=O) groups excluding carboxylic acids is 1. The lowest BCUT2D eigenvalue weighted by atomic mass is 9.63. The maximum Gasteiger partial charge on any atom is 0.298 e. The smallest absolute Gasteiger partial charge is 0.298 e. The molecule has 1 aromatic carbocycles. The lowest BCUT2D eigenvalue weighted by molar-refractivity contribution is -0.120. The van der Waals surface area contributed by atoms with Crippen LogP contribution >= 0.6 is 0 Å². The highest BCUT2D eigenvalue weighted by atomic mass is 16.5. The van der Waals surface area contributed by atoms with E-state index in [0.29, 0.717) is 12.2 Å². The monoisotopic (exact) mass is 268 g/mol. The Bertz CT molecular complexity index is 650. The zero-order valence-electron chi connectivity index (χ0n) is 12.5. The zero-order valence-corrected chi connectivity index (χ0v) is 12.5. The van der Waals surface area contributed by atoms with Gasteiger partial charge in [0.25, 0.3) is 6.47 Å². The van der Waals surface area contributed by atoms with Gasteiger partial charge in [-0.05, 0) is 41.7 Å². The van der Waals surface area contributed by atoms with Crippen LogP contribution in [0.15, 0.2) is 35.9 Å². The highest BCUT2D eigenvalue weighted by molar-refractivity contribution is 5.61. The van der Waals surface area contributed by atoms with E-state index in [1.807, 2.05) is 6.92 Å². The lowest BCUT2D eigenvalue weighted by Crippen LogP contribution is -2.33. The molecule has 0 aromatic heterocycles. The molecule has 2 aliphatic carbocycles. The topological polar surface area (TPSA) is 26.3 Å². The molecule has 1 atom stereocenters. The van der Waals surface area contributed by atoms with Crippen LogP contribution in [0.2, 0.25) is 0 Å². The highest BCUT2D eigenvalue weighted by Crippen LogP contribution is 2.51. The van der Waals surface area contributed by atoms with Crippen LogP contribution < -0.4 is 4.74 Å². The van der Waals surface area contributed by atoms with Crippen LogP contribution in [0.1, 0.15) is 43.9 Å². The van der Waals surface area contributed by atoms with E-state index in [1.165, 1.54) is 16.7 Å². The third kappa shape index (κ3) is 1.67. The number of aryl methyl sites for hydroxylation is 1. The predicted molar refractivity (Wildman–Crippen MR) is 80.1 cm³/mol. The van der Waals surface area contributed by atoms with E-state index in [4.69, 9.17) is 4.74 Å². The van der Waals surface area contributed by atoms with Crippen molar-refractivity contribution in [3.8, 4) is 5.75 Å². The first-order valence-electron chi connectivity index (χ1n) is 7.04. The standard InChI is InChI=1S/C18H20O2/c1-12-8-14-15(9-16(12)20-11-19)18(4)7-5-6-13(18)10-17(14,2)3/h5-6,8-11H,7H2,1-4H3. The molecule has 1 unspecified atom stereocenters. The van der Waals surface area contributed by atoms with Gasteiger partial charge in [-0.25, -0.2) is 0 Å². The molecule has 0 saturated heterocycles. The van der Waals surface area contributed by atoms with Crippen molar-refractivity contribution in [2.24, 2.45) is 0 Å². The summed E-state index contributed by atoms with van der Waals surface area (Å²) in [7, 11) is 0. The number of hydrogen-bond donors (Lipinski definition) is 0. The number of allylic oxidation sites excluding steroid dienone is 4. The molecule has 0 heterocycles. The van der Waals surface area contributed by atoms with Crippen molar-refractivity contribution in [1.82, 2.24) is 0 Å². The number of hydrogen-bond acceptors (Lipinski definition) is 2. The van der Waals surface area contributed by atoms with Gasteiger partial charge in [-0.3, -0.25) is 4.79 Å². The second-order valence-corrected chi connectivity index (χ2v) is 6.64. The quantitative estimate of drug-likeness (QED) is 0.759. The summed E-state index contributed by atoms with van der Waals surface area (Å²) < 4.78 is 5.14. The van der Waals surface area contributed by atoms with Gasteiger partial charge in [-0.2, -0.15) is 0 Å². The van der Waals surface area contributed by atoms with Crippen LogP contribution in [0.4, 0.5) is 0 Å². The molecule has 2 aliphatic rings. The second kappa shape index (κ2) is 4.08. The first-order chi connectivity index (χ1) is 9.38. The van der Waals surface area contributed by atoms with Gasteiger partial charge in [0.2, 0.25) is 0 Å². The van der Waals surface area contributed by atoms with Gasteiger partial charge in [0.05, 0.1) is 0 Å². The first kappa shape index (κ1) is 13.2. The average Bonchev–Trinajstić information content (AvgIpc) is 2.73. The number of carbonyl (C=O) groups is 1. The number of ether oxygens (including phenoxy) is 1. The van der Waals surface area contributed by atoms with Crippen molar-refractivity contribution >= 4 is 6.47 Å². The van der Waals surface area contributed by atoms with Crippen LogP contribution in [0.3, 0.4) is 0 Å².